The summed E-state index contributed by atoms with van der Waals surface area (Å²) >= 11 is 13.1. The van der Waals surface area contributed by atoms with Gasteiger partial charge in [-0.05, 0) is 30.7 Å². The van der Waals surface area contributed by atoms with Gasteiger partial charge in [0.15, 0.2) is 5.82 Å². The summed E-state index contributed by atoms with van der Waals surface area (Å²) in [6, 6.07) is 7.68. The maximum Gasteiger partial charge on any atom is 0.226 e. The van der Waals surface area contributed by atoms with Gasteiger partial charge in [0.05, 0.1) is 5.75 Å². The van der Waals surface area contributed by atoms with Gasteiger partial charge in [-0.2, -0.15) is 4.98 Å². The van der Waals surface area contributed by atoms with E-state index in [0.717, 1.165) is 22.8 Å². The van der Waals surface area contributed by atoms with Crippen molar-refractivity contribution in [1.82, 2.24) is 10.1 Å². The molecule has 0 fully saturated rings. The summed E-state index contributed by atoms with van der Waals surface area (Å²) in [5.41, 5.74) is 0. The monoisotopic (exact) mass is 302 g/mol. The molecular formula is C12H12Cl2N2OS. The van der Waals surface area contributed by atoms with Crippen molar-refractivity contribution in [3.63, 3.8) is 0 Å². The normalized spacial score (nSPS) is 10.8. The van der Waals surface area contributed by atoms with Gasteiger partial charge in [0.2, 0.25) is 5.89 Å². The highest BCUT2D eigenvalue weighted by molar-refractivity contribution is 7.98. The van der Waals surface area contributed by atoms with Gasteiger partial charge < -0.3 is 4.52 Å². The lowest BCUT2D eigenvalue weighted by Gasteiger charge is -1.97. The number of nitrogens with zero attached hydrogens (tertiary/aromatic N) is 2. The summed E-state index contributed by atoms with van der Waals surface area (Å²) in [4.78, 5) is 5.43. The lowest BCUT2D eigenvalue weighted by molar-refractivity contribution is 0.373. The second-order valence-electron chi connectivity index (χ2n) is 3.64. The van der Waals surface area contributed by atoms with Crippen molar-refractivity contribution in [2.24, 2.45) is 0 Å². The van der Waals surface area contributed by atoms with E-state index < -0.39 is 0 Å². The van der Waals surface area contributed by atoms with Crippen LogP contribution in [0.4, 0.5) is 0 Å². The van der Waals surface area contributed by atoms with Crippen molar-refractivity contribution in [1.29, 1.82) is 0 Å². The van der Waals surface area contributed by atoms with Crippen molar-refractivity contribution in [3.05, 3.63) is 41.0 Å². The molecule has 1 heterocycles. The molecule has 0 saturated carbocycles. The van der Waals surface area contributed by atoms with Gasteiger partial charge in [0.25, 0.3) is 0 Å². The molecule has 3 nitrogen and oxygen atoms in total. The summed E-state index contributed by atoms with van der Waals surface area (Å²) in [6.45, 7) is 0. The van der Waals surface area contributed by atoms with Crippen LogP contribution in [0.25, 0.3) is 0 Å². The van der Waals surface area contributed by atoms with Crippen LogP contribution in [-0.2, 0) is 12.2 Å². The zero-order valence-electron chi connectivity index (χ0n) is 9.60. The minimum atomic E-state index is 0.608. The Hall–Kier alpha value is -0.710. The van der Waals surface area contributed by atoms with E-state index in [4.69, 9.17) is 27.7 Å². The van der Waals surface area contributed by atoms with Crippen LogP contribution in [0.5, 0.6) is 0 Å². The maximum absolute atomic E-state index is 5.82. The highest BCUT2D eigenvalue weighted by atomic mass is 35.5. The fourth-order valence-electron chi connectivity index (χ4n) is 1.35. The number of aryl methyl sites for hydroxylation is 1. The van der Waals surface area contributed by atoms with Crippen molar-refractivity contribution >= 4 is 35.0 Å². The number of aromatic nitrogens is 2. The van der Waals surface area contributed by atoms with Crippen molar-refractivity contribution in [2.45, 2.75) is 23.5 Å². The number of thioether (sulfide) groups is 1. The third-order valence-electron chi connectivity index (χ3n) is 2.22. The predicted octanol–water partition coefficient (Wildman–Crippen LogP) is 4.19. The van der Waals surface area contributed by atoms with E-state index in [2.05, 4.69) is 10.1 Å². The van der Waals surface area contributed by atoms with Gasteiger partial charge in [-0.25, -0.2) is 0 Å². The number of halogens is 2. The molecule has 6 heteroatoms. The smallest absolute Gasteiger partial charge is 0.226 e. The minimum absolute atomic E-state index is 0.608. The second kappa shape index (κ2) is 7.02. The van der Waals surface area contributed by atoms with Crippen LogP contribution in [-0.4, -0.2) is 16.0 Å². The molecule has 0 aliphatic heterocycles. The summed E-state index contributed by atoms with van der Waals surface area (Å²) in [5.74, 6) is 2.66. The maximum atomic E-state index is 5.82. The molecule has 0 aliphatic rings. The van der Waals surface area contributed by atoms with E-state index in [1.807, 2.05) is 24.3 Å². The van der Waals surface area contributed by atoms with Crippen LogP contribution in [0.15, 0.2) is 33.7 Å². The Morgan fingerprint density at radius 1 is 1.22 bits per heavy atom. The van der Waals surface area contributed by atoms with E-state index >= 15 is 0 Å². The molecule has 0 spiro atoms. The number of hydrogen-bond donors (Lipinski definition) is 0. The topological polar surface area (TPSA) is 38.9 Å². The molecule has 1 aromatic carbocycles. The fraction of sp³-hybridized carbons (Fsp3) is 0.333. The molecule has 0 saturated heterocycles. The molecule has 0 aliphatic carbocycles. The van der Waals surface area contributed by atoms with Crippen molar-refractivity contribution in [2.75, 3.05) is 5.88 Å². The molecule has 0 atom stereocenters. The molecule has 0 unspecified atom stereocenters. The van der Waals surface area contributed by atoms with E-state index in [1.54, 1.807) is 11.8 Å². The molecule has 18 heavy (non-hydrogen) atoms. The van der Waals surface area contributed by atoms with E-state index in [0.29, 0.717) is 23.3 Å². The average Bonchev–Trinajstić information content (AvgIpc) is 2.84. The lowest BCUT2D eigenvalue weighted by Crippen LogP contribution is -1.88. The van der Waals surface area contributed by atoms with Crippen LogP contribution in [0.3, 0.4) is 0 Å². The highest BCUT2D eigenvalue weighted by Crippen LogP contribution is 2.23. The molecular weight excluding hydrogens is 291 g/mol. The zero-order valence-corrected chi connectivity index (χ0v) is 11.9. The predicted molar refractivity (Wildman–Crippen MR) is 74.4 cm³/mol. The number of benzene rings is 1. The molecule has 2 aromatic rings. The first-order valence-electron chi connectivity index (χ1n) is 5.54. The number of rotatable bonds is 6. The quantitative estimate of drug-likeness (QED) is 0.592. The summed E-state index contributed by atoms with van der Waals surface area (Å²) in [6.07, 6.45) is 1.59. The Morgan fingerprint density at radius 3 is 2.72 bits per heavy atom. The van der Waals surface area contributed by atoms with Crippen LogP contribution in [0, 0.1) is 0 Å². The average molecular weight is 303 g/mol. The first-order valence-corrected chi connectivity index (χ1v) is 7.43. The first kappa shape index (κ1) is 13.7. The standard InChI is InChI=1S/C12H12Cl2N2OS/c13-7-1-2-12-15-11(16-17-12)8-18-10-5-3-9(14)4-6-10/h3-6H,1-2,7-8H2. The Morgan fingerprint density at radius 2 is 2.00 bits per heavy atom. The summed E-state index contributed by atoms with van der Waals surface area (Å²) < 4.78 is 5.12. The molecule has 0 bridgehead atoms. The lowest BCUT2D eigenvalue weighted by atomic mass is 10.3. The molecule has 0 amide bonds. The van der Waals surface area contributed by atoms with E-state index in [9.17, 15) is 0 Å². The van der Waals surface area contributed by atoms with Crippen molar-refractivity contribution < 1.29 is 4.52 Å². The van der Waals surface area contributed by atoms with Gasteiger partial charge >= 0.3 is 0 Å². The molecule has 1 aromatic heterocycles. The Labute approximate surface area is 120 Å². The van der Waals surface area contributed by atoms with E-state index in [1.165, 1.54) is 0 Å². The van der Waals surface area contributed by atoms with Crippen LogP contribution < -0.4 is 0 Å². The number of hydrogen-bond acceptors (Lipinski definition) is 4. The largest absolute Gasteiger partial charge is 0.339 e. The Bertz CT molecular complexity index is 487. The van der Waals surface area contributed by atoms with Crippen LogP contribution >= 0.6 is 35.0 Å². The van der Waals surface area contributed by atoms with Gasteiger partial charge in [-0.1, -0.05) is 16.8 Å². The van der Waals surface area contributed by atoms with E-state index in [-0.39, 0.29) is 0 Å². The minimum Gasteiger partial charge on any atom is -0.339 e. The van der Waals surface area contributed by atoms with Crippen LogP contribution in [0.2, 0.25) is 5.02 Å². The molecule has 0 N–H and O–H groups in total. The Kier molecular flexibility index (Phi) is 5.35. The summed E-state index contributed by atoms with van der Waals surface area (Å²) in [7, 11) is 0. The van der Waals surface area contributed by atoms with Gasteiger partial charge in [0.1, 0.15) is 0 Å². The summed E-state index contributed by atoms with van der Waals surface area (Å²) in [5, 5.41) is 4.66. The molecule has 96 valence electrons. The SMILES string of the molecule is ClCCCc1nc(CSc2ccc(Cl)cc2)no1. The molecule has 2 rings (SSSR count). The zero-order chi connectivity index (χ0) is 12.8. The van der Waals surface area contributed by atoms with Crippen molar-refractivity contribution in [3.8, 4) is 0 Å². The van der Waals surface area contributed by atoms with Gasteiger partial charge in [0, 0.05) is 22.2 Å². The third-order valence-corrected chi connectivity index (χ3v) is 3.74. The second-order valence-corrected chi connectivity index (χ2v) is 5.50. The van der Waals surface area contributed by atoms with Gasteiger partial charge in [-0.15, -0.1) is 23.4 Å². The fourth-order valence-corrected chi connectivity index (χ4v) is 2.35. The van der Waals surface area contributed by atoms with Crippen LogP contribution in [0.1, 0.15) is 18.1 Å². The third kappa shape index (κ3) is 4.19. The van der Waals surface area contributed by atoms with Gasteiger partial charge in [-0.3, -0.25) is 0 Å². The number of alkyl halides is 1. The molecule has 0 radical (unpaired) electrons. The Balaban J connectivity index is 1.86. The highest BCUT2D eigenvalue weighted by Gasteiger charge is 2.06. The first-order chi connectivity index (χ1) is 8.78.